The van der Waals surface area contributed by atoms with Gasteiger partial charge in [0.15, 0.2) is 0 Å². The van der Waals surface area contributed by atoms with E-state index >= 15 is 0 Å². The Morgan fingerprint density at radius 1 is 0.531 bits per heavy atom. The first-order valence-electron chi connectivity index (χ1n) is 10.0. The van der Waals surface area contributed by atoms with Crippen LogP contribution in [0.3, 0.4) is 0 Å². The Kier molecular flexibility index (Phi) is 4.49. The van der Waals surface area contributed by atoms with Crippen molar-refractivity contribution in [3.05, 3.63) is 104 Å². The molecule has 2 aliphatic heterocycles. The summed E-state index contributed by atoms with van der Waals surface area (Å²) in [6.45, 7) is 0. The fraction of sp³-hybridized carbons (Fsp3) is 0.0769. The van der Waals surface area contributed by atoms with Crippen LogP contribution in [0.1, 0.15) is 34.1 Å². The Bertz CT molecular complexity index is 1310. The topological polar surface area (TPSA) is 52.6 Å². The van der Waals surface area contributed by atoms with Crippen molar-refractivity contribution in [2.45, 2.75) is 11.8 Å². The molecule has 0 amide bonds. The van der Waals surface area contributed by atoms with Crippen LogP contribution >= 0.6 is 31.9 Å². The van der Waals surface area contributed by atoms with Gasteiger partial charge in [-0.15, -0.1) is 0 Å². The lowest BCUT2D eigenvalue weighted by Crippen LogP contribution is -2.11. The van der Waals surface area contributed by atoms with E-state index in [4.69, 9.17) is 9.47 Å². The third-order valence-corrected chi connectivity index (χ3v) is 7.13. The zero-order valence-electron chi connectivity index (χ0n) is 16.5. The fourth-order valence-corrected chi connectivity index (χ4v) is 5.11. The van der Waals surface area contributed by atoms with Gasteiger partial charge in [0, 0.05) is 30.8 Å². The number of hydrogen-bond donors (Lipinski definition) is 0. The molecule has 0 radical (unpaired) electrons. The van der Waals surface area contributed by atoms with Gasteiger partial charge < -0.3 is 9.47 Å². The molecule has 2 unspecified atom stereocenters. The van der Waals surface area contributed by atoms with E-state index in [2.05, 4.69) is 31.9 Å². The first-order chi connectivity index (χ1) is 15.5. The second-order valence-electron chi connectivity index (χ2n) is 7.87. The van der Waals surface area contributed by atoms with Gasteiger partial charge in [0.05, 0.1) is 0 Å². The lowest BCUT2D eigenvalue weighted by atomic mass is 9.88. The number of benzene rings is 4. The van der Waals surface area contributed by atoms with Crippen molar-refractivity contribution in [2.24, 2.45) is 0 Å². The third kappa shape index (κ3) is 2.93. The van der Waals surface area contributed by atoms with Gasteiger partial charge in [0.25, 0.3) is 0 Å². The number of carbonyl (C=O) groups is 2. The van der Waals surface area contributed by atoms with Crippen LogP contribution in [-0.4, -0.2) is 11.9 Å². The summed E-state index contributed by atoms with van der Waals surface area (Å²) in [6.07, 6.45) is 0. The van der Waals surface area contributed by atoms with E-state index in [0.29, 0.717) is 11.5 Å². The maximum Gasteiger partial charge on any atom is 0.323 e. The van der Waals surface area contributed by atoms with Crippen molar-refractivity contribution >= 4 is 54.6 Å². The van der Waals surface area contributed by atoms with Crippen LogP contribution in [0, 0.1) is 0 Å². The van der Waals surface area contributed by atoms with E-state index in [0.717, 1.165) is 42.0 Å². The molecule has 2 atom stereocenters. The molecule has 2 heterocycles. The number of esters is 2. The second-order valence-corrected chi connectivity index (χ2v) is 9.71. The molecule has 0 N–H and O–H groups in total. The first kappa shape index (κ1) is 19.7. The Morgan fingerprint density at radius 3 is 1.28 bits per heavy atom. The summed E-state index contributed by atoms with van der Waals surface area (Å²) in [6, 6.07) is 23.0. The molecule has 32 heavy (non-hydrogen) atoms. The Hall–Kier alpha value is -2.96. The zero-order valence-corrected chi connectivity index (χ0v) is 19.6. The summed E-state index contributed by atoms with van der Waals surface area (Å²) in [5.41, 5.74) is 3.38. The highest BCUT2D eigenvalue weighted by molar-refractivity contribution is 9.10. The molecule has 4 aromatic rings. The standard InChI is InChI=1S/C26H14Br2O4/c27-15-5-1-13(2-6-15)21-19-11-9-18-17(23(19)31-25(21)29)10-12-20-22(26(30)32-24(18)20)14-3-7-16(28)8-4-14/h1-12,21-22H. The number of hydrogen-bond acceptors (Lipinski definition) is 4. The smallest absolute Gasteiger partial charge is 0.323 e. The van der Waals surface area contributed by atoms with Gasteiger partial charge in [-0.25, -0.2) is 0 Å². The van der Waals surface area contributed by atoms with E-state index in [1.807, 2.05) is 72.8 Å². The number of ether oxygens (including phenoxy) is 2. The highest BCUT2D eigenvalue weighted by atomic mass is 79.9. The molecule has 4 nitrogen and oxygen atoms in total. The number of halogens is 2. The van der Waals surface area contributed by atoms with Gasteiger partial charge in [0.2, 0.25) is 0 Å². The molecule has 0 saturated heterocycles. The van der Waals surface area contributed by atoms with E-state index in [1.54, 1.807) is 0 Å². The minimum atomic E-state index is -0.478. The predicted octanol–water partition coefficient (Wildman–Crippen LogP) is 6.47. The van der Waals surface area contributed by atoms with Crippen LogP contribution in [0.5, 0.6) is 11.5 Å². The van der Waals surface area contributed by atoms with Crippen molar-refractivity contribution < 1.29 is 19.1 Å². The largest absolute Gasteiger partial charge is 0.425 e. The van der Waals surface area contributed by atoms with E-state index in [1.165, 1.54) is 0 Å². The molecule has 156 valence electrons. The molecule has 0 bridgehead atoms. The summed E-state index contributed by atoms with van der Waals surface area (Å²) < 4.78 is 13.4. The van der Waals surface area contributed by atoms with Crippen LogP contribution in [0.25, 0.3) is 10.8 Å². The Balaban J connectivity index is 1.48. The molecular weight excluding hydrogens is 536 g/mol. The molecule has 0 spiro atoms. The van der Waals surface area contributed by atoms with Crippen LogP contribution in [0.15, 0.2) is 81.7 Å². The summed E-state index contributed by atoms with van der Waals surface area (Å²) in [7, 11) is 0. The van der Waals surface area contributed by atoms with Crippen molar-refractivity contribution in [3.8, 4) is 11.5 Å². The fourth-order valence-electron chi connectivity index (χ4n) is 4.58. The quantitative estimate of drug-likeness (QED) is 0.212. The van der Waals surface area contributed by atoms with Crippen molar-refractivity contribution in [1.29, 1.82) is 0 Å². The van der Waals surface area contributed by atoms with Crippen molar-refractivity contribution in [3.63, 3.8) is 0 Å². The van der Waals surface area contributed by atoms with Crippen LogP contribution in [0.4, 0.5) is 0 Å². The van der Waals surface area contributed by atoms with Crippen molar-refractivity contribution in [1.82, 2.24) is 0 Å². The minimum absolute atomic E-state index is 0.306. The van der Waals surface area contributed by atoms with Gasteiger partial charge in [-0.1, -0.05) is 80.4 Å². The molecule has 0 aliphatic carbocycles. The molecule has 6 rings (SSSR count). The third-order valence-electron chi connectivity index (χ3n) is 6.07. The summed E-state index contributed by atoms with van der Waals surface area (Å²) in [5.74, 6) is -0.500. The van der Waals surface area contributed by atoms with Crippen LogP contribution in [-0.2, 0) is 9.59 Å². The number of rotatable bonds is 2. The summed E-state index contributed by atoms with van der Waals surface area (Å²) in [4.78, 5) is 25.6. The Labute approximate surface area is 200 Å². The Morgan fingerprint density at radius 2 is 0.906 bits per heavy atom. The minimum Gasteiger partial charge on any atom is -0.425 e. The van der Waals surface area contributed by atoms with Gasteiger partial charge in [-0.05, 0) is 35.4 Å². The van der Waals surface area contributed by atoms with Gasteiger partial charge in [-0.3, -0.25) is 9.59 Å². The average molecular weight is 550 g/mol. The molecular formula is C26H14Br2O4. The first-order valence-corrected chi connectivity index (χ1v) is 11.6. The summed E-state index contributed by atoms with van der Waals surface area (Å²) in [5, 5.41) is 1.52. The van der Waals surface area contributed by atoms with E-state index < -0.39 is 11.8 Å². The van der Waals surface area contributed by atoms with E-state index in [-0.39, 0.29) is 11.9 Å². The van der Waals surface area contributed by atoms with Crippen LogP contribution in [0.2, 0.25) is 0 Å². The van der Waals surface area contributed by atoms with Crippen molar-refractivity contribution in [2.75, 3.05) is 0 Å². The number of carbonyl (C=O) groups excluding carboxylic acids is 2. The molecule has 0 aromatic heterocycles. The monoisotopic (exact) mass is 548 g/mol. The summed E-state index contributed by atoms with van der Waals surface area (Å²) >= 11 is 6.86. The molecule has 4 aromatic carbocycles. The SMILES string of the molecule is O=C1Oc2c(ccc3c4c(ccc23)C(c2ccc(Br)cc2)C(=O)O4)C1c1ccc(Br)cc1. The molecule has 6 heteroatoms. The van der Waals surface area contributed by atoms with Gasteiger partial charge in [-0.2, -0.15) is 0 Å². The predicted molar refractivity (Wildman–Crippen MR) is 127 cm³/mol. The maximum absolute atomic E-state index is 12.8. The lowest BCUT2D eigenvalue weighted by Gasteiger charge is -2.11. The van der Waals surface area contributed by atoms with Crippen LogP contribution < -0.4 is 9.47 Å². The lowest BCUT2D eigenvalue weighted by molar-refractivity contribution is -0.134. The highest BCUT2D eigenvalue weighted by Gasteiger charge is 2.39. The zero-order chi connectivity index (χ0) is 22.0. The molecule has 0 fully saturated rings. The van der Waals surface area contributed by atoms with E-state index in [9.17, 15) is 9.59 Å². The van der Waals surface area contributed by atoms with Gasteiger partial charge >= 0.3 is 11.9 Å². The average Bonchev–Trinajstić information content (AvgIpc) is 3.31. The second kappa shape index (κ2) is 7.29. The number of fused-ring (bicyclic) bond motifs is 5. The maximum atomic E-state index is 12.8. The highest BCUT2D eigenvalue weighted by Crippen LogP contribution is 2.49. The normalized spacial score (nSPS) is 18.9. The molecule has 0 saturated carbocycles. The van der Waals surface area contributed by atoms with Gasteiger partial charge in [0.1, 0.15) is 23.3 Å². The molecule has 2 aliphatic rings.